The molecular formula is C34H60N2O8. The molecule has 0 unspecified atom stereocenters. The van der Waals surface area contributed by atoms with Crippen molar-refractivity contribution in [3.8, 4) is 0 Å². The Kier molecular flexibility index (Phi) is 13.3. The van der Waals surface area contributed by atoms with E-state index in [4.69, 9.17) is 19.1 Å². The Labute approximate surface area is 265 Å². The normalized spacial score (nSPS) is 21.9. The maximum absolute atomic E-state index is 13.7. The molecule has 0 spiro atoms. The molecular weight excluding hydrogens is 564 g/mol. The monoisotopic (exact) mass is 624 g/mol. The van der Waals surface area contributed by atoms with Crippen LogP contribution in [0.25, 0.3) is 0 Å². The number of ether oxygens (including phenoxy) is 2. The number of nitrogens with zero attached hydrogens (tertiary/aromatic N) is 2. The number of carbonyl (C=O) groups is 4. The summed E-state index contributed by atoms with van der Waals surface area (Å²) in [6.07, 6.45) is 8.72. The summed E-state index contributed by atoms with van der Waals surface area (Å²) >= 11 is 0. The highest BCUT2D eigenvalue weighted by Crippen LogP contribution is 2.42. The molecule has 0 saturated carbocycles. The molecule has 0 N–H and O–H groups in total. The van der Waals surface area contributed by atoms with Crippen molar-refractivity contribution in [2.45, 2.75) is 188 Å². The summed E-state index contributed by atoms with van der Waals surface area (Å²) in [6, 6.07) is 0. The van der Waals surface area contributed by atoms with Crippen molar-refractivity contribution in [3.63, 3.8) is 0 Å². The van der Waals surface area contributed by atoms with Gasteiger partial charge in [-0.1, -0.05) is 51.9 Å². The number of hydrogen-bond donors (Lipinski definition) is 0. The molecule has 0 bridgehead atoms. The molecule has 44 heavy (non-hydrogen) atoms. The topological polar surface area (TPSA) is 112 Å². The van der Waals surface area contributed by atoms with Crippen LogP contribution < -0.4 is 0 Å². The first kappa shape index (κ1) is 38.0. The van der Waals surface area contributed by atoms with Gasteiger partial charge < -0.3 is 19.1 Å². The van der Waals surface area contributed by atoms with E-state index in [2.05, 4.69) is 6.92 Å². The van der Waals surface area contributed by atoms with Gasteiger partial charge in [-0.25, -0.2) is 0 Å². The second-order valence-electron chi connectivity index (χ2n) is 15.4. The Morgan fingerprint density at radius 1 is 0.591 bits per heavy atom. The molecule has 0 amide bonds. The van der Waals surface area contributed by atoms with Crippen LogP contribution in [-0.2, 0) is 38.3 Å². The molecule has 0 aromatic carbocycles. The van der Waals surface area contributed by atoms with Crippen molar-refractivity contribution in [2.24, 2.45) is 5.92 Å². The maximum Gasteiger partial charge on any atom is 0.322 e. The molecule has 10 nitrogen and oxygen atoms in total. The highest BCUT2D eigenvalue weighted by Gasteiger charge is 2.51. The molecule has 2 rings (SSSR count). The maximum atomic E-state index is 13.7. The van der Waals surface area contributed by atoms with Gasteiger partial charge >= 0.3 is 23.9 Å². The average molecular weight is 625 g/mol. The third-order valence-corrected chi connectivity index (χ3v) is 8.78. The van der Waals surface area contributed by atoms with Crippen LogP contribution >= 0.6 is 0 Å². The summed E-state index contributed by atoms with van der Waals surface area (Å²) in [6.45, 7) is 20.6. The van der Waals surface area contributed by atoms with Crippen LogP contribution in [0.5, 0.6) is 0 Å². The highest BCUT2D eigenvalue weighted by molar-refractivity contribution is 5.95. The summed E-state index contributed by atoms with van der Waals surface area (Å²) in [5.41, 5.74) is -2.33. The van der Waals surface area contributed by atoms with Crippen molar-refractivity contribution in [3.05, 3.63) is 0 Å². The lowest BCUT2D eigenvalue weighted by atomic mass is 9.80. The molecule has 10 heteroatoms. The minimum Gasteiger partial charge on any atom is -0.462 e. The van der Waals surface area contributed by atoms with Crippen molar-refractivity contribution in [1.82, 2.24) is 10.1 Å². The van der Waals surface area contributed by atoms with Crippen molar-refractivity contribution in [2.75, 3.05) is 0 Å². The van der Waals surface area contributed by atoms with Crippen molar-refractivity contribution in [1.29, 1.82) is 0 Å². The quantitative estimate of drug-likeness (QED) is 0.116. The van der Waals surface area contributed by atoms with Crippen LogP contribution in [0.2, 0.25) is 0 Å². The van der Waals surface area contributed by atoms with Gasteiger partial charge in [-0.05, 0) is 61.8 Å². The van der Waals surface area contributed by atoms with E-state index in [9.17, 15) is 19.2 Å². The molecule has 254 valence electrons. The molecule has 2 saturated heterocycles. The highest BCUT2D eigenvalue weighted by atomic mass is 16.7. The molecule has 2 fully saturated rings. The number of hydrogen-bond acceptors (Lipinski definition) is 10. The van der Waals surface area contributed by atoms with Gasteiger partial charge in [0.2, 0.25) is 0 Å². The van der Waals surface area contributed by atoms with Crippen molar-refractivity contribution < 1.29 is 38.3 Å². The zero-order chi connectivity index (χ0) is 33.5. The van der Waals surface area contributed by atoms with E-state index in [-0.39, 0.29) is 0 Å². The van der Waals surface area contributed by atoms with Gasteiger partial charge in [0.1, 0.15) is 12.2 Å². The minimum atomic E-state index is -1.03. The summed E-state index contributed by atoms with van der Waals surface area (Å²) in [7, 11) is 0. The van der Waals surface area contributed by atoms with E-state index in [1.807, 2.05) is 55.4 Å². The first-order valence-electron chi connectivity index (χ1n) is 16.6. The Bertz CT molecular complexity index is 899. The lowest BCUT2D eigenvalue weighted by Gasteiger charge is -2.52. The van der Waals surface area contributed by atoms with E-state index in [1.165, 1.54) is 33.1 Å². The molecule has 2 heterocycles. The van der Waals surface area contributed by atoms with Gasteiger partial charge in [-0.2, -0.15) is 0 Å². The standard InChI is InChI=1S/C34H60N2O8/c1-12-13-14-15-16-17-18-19-28(29(39)41-26-20-31(4,5)35(43-24(2)37)32(6,7)21-26)30(40)42-27-22-33(8,9)36(44-25(3)38)34(10,11)23-27/h26-28H,12-23H2,1-11H3. The molecule has 2 aliphatic heterocycles. The number of unbranched alkanes of at least 4 members (excludes halogenated alkanes) is 6. The smallest absolute Gasteiger partial charge is 0.322 e. The average Bonchev–Trinajstić information content (AvgIpc) is 2.84. The lowest BCUT2D eigenvalue weighted by Crippen LogP contribution is -2.62. The van der Waals surface area contributed by atoms with E-state index in [0.29, 0.717) is 32.1 Å². The Morgan fingerprint density at radius 3 is 1.23 bits per heavy atom. The zero-order valence-corrected chi connectivity index (χ0v) is 29.4. The SMILES string of the molecule is CCCCCCCCCC(C(=O)OC1CC(C)(C)N(OC(C)=O)C(C)(C)C1)C(=O)OC1CC(C)(C)N(OC(C)=O)C(C)(C)C1. The van der Waals surface area contributed by atoms with Gasteiger partial charge in [-0.15, -0.1) is 10.1 Å². The molecule has 0 aromatic rings. The summed E-state index contributed by atoms with van der Waals surface area (Å²) in [5, 5.41) is 3.39. The molecule has 2 aliphatic rings. The fourth-order valence-corrected chi connectivity index (χ4v) is 7.39. The van der Waals surface area contributed by atoms with E-state index < -0.39 is 64.2 Å². The number of piperidine rings is 2. The second-order valence-corrected chi connectivity index (χ2v) is 15.4. The number of esters is 2. The van der Waals surface area contributed by atoms with Gasteiger partial charge in [0.05, 0.1) is 22.2 Å². The first-order valence-corrected chi connectivity index (χ1v) is 16.6. The number of hydroxylamine groups is 4. The molecule has 0 atom stereocenters. The summed E-state index contributed by atoms with van der Waals surface area (Å²) in [4.78, 5) is 62.1. The van der Waals surface area contributed by atoms with Gasteiger partial charge in [0.15, 0.2) is 5.92 Å². The van der Waals surface area contributed by atoms with Gasteiger partial charge in [-0.3, -0.25) is 19.2 Å². The Morgan fingerprint density at radius 2 is 0.909 bits per heavy atom. The molecule has 0 radical (unpaired) electrons. The first-order chi connectivity index (χ1) is 20.2. The number of rotatable bonds is 14. The van der Waals surface area contributed by atoms with Gasteiger partial charge in [0.25, 0.3) is 0 Å². The predicted molar refractivity (Wildman–Crippen MR) is 168 cm³/mol. The Balaban J connectivity index is 2.18. The van der Waals surface area contributed by atoms with Gasteiger partial charge in [0, 0.05) is 39.5 Å². The number of carbonyl (C=O) groups excluding carboxylic acids is 4. The van der Waals surface area contributed by atoms with Crippen LogP contribution in [0.3, 0.4) is 0 Å². The van der Waals surface area contributed by atoms with E-state index >= 15 is 0 Å². The largest absolute Gasteiger partial charge is 0.462 e. The predicted octanol–water partition coefficient (Wildman–Crippen LogP) is 6.83. The third kappa shape index (κ3) is 10.7. The van der Waals surface area contributed by atoms with E-state index in [1.54, 1.807) is 10.1 Å². The van der Waals surface area contributed by atoms with Crippen LogP contribution in [0, 0.1) is 5.92 Å². The Hall–Kier alpha value is -2.20. The van der Waals surface area contributed by atoms with E-state index in [0.717, 1.165) is 25.7 Å². The van der Waals surface area contributed by atoms with Crippen LogP contribution in [0.4, 0.5) is 0 Å². The molecule has 0 aromatic heterocycles. The summed E-state index contributed by atoms with van der Waals surface area (Å²) < 4.78 is 12.1. The third-order valence-electron chi connectivity index (χ3n) is 8.78. The summed E-state index contributed by atoms with van der Waals surface area (Å²) in [5.74, 6) is -2.95. The minimum absolute atomic E-state index is 0.365. The van der Waals surface area contributed by atoms with Crippen LogP contribution in [0.1, 0.15) is 153 Å². The van der Waals surface area contributed by atoms with Crippen LogP contribution in [0.15, 0.2) is 0 Å². The fourth-order valence-electron chi connectivity index (χ4n) is 7.39. The van der Waals surface area contributed by atoms with Crippen LogP contribution in [-0.4, -0.2) is 68.4 Å². The second kappa shape index (κ2) is 15.4. The fraction of sp³-hybridized carbons (Fsp3) is 0.882. The zero-order valence-electron chi connectivity index (χ0n) is 29.4. The molecule has 0 aliphatic carbocycles. The lowest BCUT2D eigenvalue weighted by molar-refractivity contribution is -0.277. The van der Waals surface area contributed by atoms with Crippen molar-refractivity contribution >= 4 is 23.9 Å².